The Labute approximate surface area is 62.4 Å². The molecule has 1 fully saturated rings. The molecule has 0 atom stereocenters. The van der Waals surface area contributed by atoms with Gasteiger partial charge in [-0.3, -0.25) is 0 Å². The third-order valence-electron chi connectivity index (χ3n) is 2.00. The molecule has 10 heavy (non-hydrogen) atoms. The van der Waals surface area contributed by atoms with Gasteiger partial charge in [-0.2, -0.15) is 5.26 Å². The Morgan fingerprint density at radius 1 is 1.50 bits per heavy atom. The van der Waals surface area contributed by atoms with Crippen molar-refractivity contribution in [2.75, 3.05) is 0 Å². The van der Waals surface area contributed by atoms with Gasteiger partial charge >= 0.3 is 0 Å². The molecule has 0 radical (unpaired) electrons. The van der Waals surface area contributed by atoms with Gasteiger partial charge in [0.05, 0.1) is 11.5 Å². The van der Waals surface area contributed by atoms with Crippen molar-refractivity contribution in [3.63, 3.8) is 0 Å². The topological polar surface area (TPSA) is 23.8 Å². The van der Waals surface area contributed by atoms with Gasteiger partial charge < -0.3 is 0 Å². The summed E-state index contributed by atoms with van der Waals surface area (Å²) in [6.07, 6.45) is 8.54. The van der Waals surface area contributed by atoms with Crippen molar-refractivity contribution < 1.29 is 0 Å². The fourth-order valence-electron chi connectivity index (χ4n) is 0.988. The van der Waals surface area contributed by atoms with E-state index in [1.807, 2.05) is 0 Å². The Hall–Kier alpha value is -0.770. The van der Waals surface area contributed by atoms with E-state index in [1.54, 1.807) is 0 Å². The molecule has 0 amide bonds. The summed E-state index contributed by atoms with van der Waals surface area (Å²) >= 11 is 0. The van der Waals surface area contributed by atoms with Gasteiger partial charge in [-0.25, -0.2) is 0 Å². The lowest BCUT2D eigenvalue weighted by atomic mass is 10.0. The van der Waals surface area contributed by atoms with Gasteiger partial charge in [0, 0.05) is 0 Å². The molecule has 1 rings (SSSR count). The third-order valence-corrected chi connectivity index (χ3v) is 2.00. The zero-order chi connectivity index (χ0) is 7.45. The van der Waals surface area contributed by atoms with Gasteiger partial charge in [0.25, 0.3) is 0 Å². The Morgan fingerprint density at radius 2 is 2.20 bits per heavy atom. The molecule has 1 saturated carbocycles. The van der Waals surface area contributed by atoms with Crippen LogP contribution in [-0.2, 0) is 0 Å². The largest absolute Gasteiger partial charge is 0.198 e. The summed E-state index contributed by atoms with van der Waals surface area (Å²) in [6.45, 7) is 2.11. The van der Waals surface area contributed by atoms with E-state index in [1.165, 1.54) is 0 Å². The van der Waals surface area contributed by atoms with Crippen molar-refractivity contribution in [2.45, 2.75) is 32.6 Å². The molecule has 1 nitrogen and oxygen atoms in total. The summed E-state index contributed by atoms with van der Waals surface area (Å²) in [6, 6.07) is 2.36. The minimum absolute atomic E-state index is 0.0612. The second kappa shape index (κ2) is 2.88. The molecular weight excluding hydrogens is 122 g/mol. The van der Waals surface area contributed by atoms with Crippen molar-refractivity contribution in [3.8, 4) is 6.07 Å². The molecule has 0 saturated heterocycles. The van der Waals surface area contributed by atoms with Gasteiger partial charge in [0.15, 0.2) is 0 Å². The maximum Gasteiger partial charge on any atom is 0.0693 e. The average molecular weight is 135 g/mol. The molecule has 0 spiro atoms. The zero-order valence-electron chi connectivity index (χ0n) is 6.43. The van der Waals surface area contributed by atoms with Crippen LogP contribution < -0.4 is 0 Å². The molecule has 0 aromatic heterocycles. The van der Waals surface area contributed by atoms with E-state index < -0.39 is 0 Å². The second-order valence-corrected chi connectivity index (χ2v) is 2.98. The van der Waals surface area contributed by atoms with Crippen LogP contribution >= 0.6 is 0 Å². The first kappa shape index (κ1) is 7.34. The average Bonchev–Trinajstić information content (AvgIpc) is 2.70. The minimum atomic E-state index is 0.0612. The highest BCUT2D eigenvalue weighted by Gasteiger charge is 2.41. The number of nitriles is 1. The lowest BCUT2D eigenvalue weighted by Crippen LogP contribution is -1.91. The Bertz CT molecular complexity index is 170. The normalized spacial score (nSPS) is 20.8. The van der Waals surface area contributed by atoms with Crippen LogP contribution in [0.25, 0.3) is 0 Å². The second-order valence-electron chi connectivity index (χ2n) is 2.98. The predicted octanol–water partition coefficient (Wildman–Crippen LogP) is 2.65. The maximum atomic E-state index is 8.67. The number of nitrogens with zero attached hydrogens (tertiary/aromatic N) is 1. The Morgan fingerprint density at radius 3 is 2.60 bits per heavy atom. The SMILES string of the molecule is CC/C=C/CC1(C#N)CC1. The summed E-state index contributed by atoms with van der Waals surface area (Å²) in [7, 11) is 0. The molecule has 0 aromatic carbocycles. The van der Waals surface area contributed by atoms with Crippen molar-refractivity contribution >= 4 is 0 Å². The summed E-state index contributed by atoms with van der Waals surface area (Å²) in [5, 5.41) is 8.67. The number of allylic oxidation sites excluding steroid dienone is 2. The van der Waals surface area contributed by atoms with Gasteiger partial charge in [-0.1, -0.05) is 19.1 Å². The van der Waals surface area contributed by atoms with E-state index >= 15 is 0 Å². The highest BCUT2D eigenvalue weighted by molar-refractivity contribution is 5.12. The van der Waals surface area contributed by atoms with Crippen LogP contribution in [0.1, 0.15) is 32.6 Å². The van der Waals surface area contributed by atoms with Crippen LogP contribution in [0.5, 0.6) is 0 Å². The van der Waals surface area contributed by atoms with E-state index in [-0.39, 0.29) is 5.41 Å². The van der Waals surface area contributed by atoms with Crippen molar-refractivity contribution in [2.24, 2.45) is 5.41 Å². The summed E-state index contributed by atoms with van der Waals surface area (Å²) in [5.74, 6) is 0. The molecule has 0 heterocycles. The third kappa shape index (κ3) is 1.60. The van der Waals surface area contributed by atoms with Crippen LogP contribution in [0.2, 0.25) is 0 Å². The highest BCUT2D eigenvalue weighted by atomic mass is 14.5. The molecule has 1 heteroatoms. The van der Waals surface area contributed by atoms with Crippen molar-refractivity contribution in [1.82, 2.24) is 0 Å². The monoisotopic (exact) mass is 135 g/mol. The summed E-state index contributed by atoms with van der Waals surface area (Å²) < 4.78 is 0. The fourth-order valence-corrected chi connectivity index (χ4v) is 0.988. The fraction of sp³-hybridized carbons (Fsp3) is 0.667. The molecule has 0 aromatic rings. The Kier molecular flexibility index (Phi) is 2.11. The minimum Gasteiger partial charge on any atom is -0.198 e. The molecule has 0 bridgehead atoms. The highest BCUT2D eigenvalue weighted by Crippen LogP contribution is 2.48. The molecule has 0 aliphatic heterocycles. The summed E-state index contributed by atoms with van der Waals surface area (Å²) in [4.78, 5) is 0. The quantitative estimate of drug-likeness (QED) is 0.546. The van der Waals surface area contributed by atoms with Gasteiger partial charge in [-0.15, -0.1) is 0 Å². The Balaban J connectivity index is 2.27. The van der Waals surface area contributed by atoms with E-state index in [0.717, 1.165) is 25.7 Å². The first-order valence-electron chi connectivity index (χ1n) is 3.89. The number of rotatable bonds is 3. The van der Waals surface area contributed by atoms with Crippen LogP contribution in [0.4, 0.5) is 0 Å². The lowest BCUT2D eigenvalue weighted by molar-refractivity contribution is 0.682. The standard InChI is InChI=1S/C9H13N/c1-2-3-4-5-9(8-10)6-7-9/h3-4H,2,5-7H2,1H3/b4-3+. The van der Waals surface area contributed by atoms with E-state index in [4.69, 9.17) is 5.26 Å². The van der Waals surface area contributed by atoms with Gasteiger partial charge in [0.2, 0.25) is 0 Å². The lowest BCUT2D eigenvalue weighted by Gasteiger charge is -1.96. The first-order valence-corrected chi connectivity index (χ1v) is 3.89. The van der Waals surface area contributed by atoms with E-state index in [0.29, 0.717) is 0 Å². The zero-order valence-corrected chi connectivity index (χ0v) is 6.43. The number of hydrogen-bond acceptors (Lipinski definition) is 1. The van der Waals surface area contributed by atoms with Crippen molar-refractivity contribution in [1.29, 1.82) is 5.26 Å². The molecule has 1 aliphatic carbocycles. The number of hydrogen-bond donors (Lipinski definition) is 0. The smallest absolute Gasteiger partial charge is 0.0693 e. The molecule has 54 valence electrons. The molecule has 0 unspecified atom stereocenters. The van der Waals surface area contributed by atoms with Crippen LogP contribution in [-0.4, -0.2) is 0 Å². The van der Waals surface area contributed by atoms with E-state index in [9.17, 15) is 0 Å². The van der Waals surface area contributed by atoms with Gasteiger partial charge in [0.1, 0.15) is 0 Å². The van der Waals surface area contributed by atoms with Crippen LogP contribution in [0.3, 0.4) is 0 Å². The molecular formula is C9H13N. The van der Waals surface area contributed by atoms with Crippen LogP contribution in [0.15, 0.2) is 12.2 Å². The molecule has 1 aliphatic rings. The van der Waals surface area contributed by atoms with Crippen molar-refractivity contribution in [3.05, 3.63) is 12.2 Å². The van der Waals surface area contributed by atoms with E-state index in [2.05, 4.69) is 25.1 Å². The first-order chi connectivity index (χ1) is 4.83. The summed E-state index contributed by atoms with van der Waals surface area (Å²) in [5.41, 5.74) is 0.0612. The maximum absolute atomic E-state index is 8.67. The van der Waals surface area contributed by atoms with Crippen LogP contribution in [0, 0.1) is 16.7 Å². The predicted molar refractivity (Wildman–Crippen MR) is 41.3 cm³/mol. The molecule has 0 N–H and O–H groups in total. The van der Waals surface area contributed by atoms with Gasteiger partial charge in [-0.05, 0) is 25.7 Å².